The minimum absolute atomic E-state index is 0.00423. The van der Waals surface area contributed by atoms with Gasteiger partial charge in [0.25, 0.3) is 0 Å². The van der Waals surface area contributed by atoms with E-state index in [1.54, 1.807) is 23.2 Å². The summed E-state index contributed by atoms with van der Waals surface area (Å²) in [6.07, 6.45) is 4.71. The predicted molar refractivity (Wildman–Crippen MR) is 104 cm³/mol. The summed E-state index contributed by atoms with van der Waals surface area (Å²) in [7, 11) is 0. The van der Waals surface area contributed by atoms with Gasteiger partial charge in [-0.15, -0.1) is 0 Å². The summed E-state index contributed by atoms with van der Waals surface area (Å²) >= 11 is 0. The third kappa shape index (κ3) is 3.23. The Bertz CT molecular complexity index is 843. The molecule has 27 heavy (non-hydrogen) atoms. The van der Waals surface area contributed by atoms with Crippen molar-refractivity contribution in [2.24, 2.45) is 0 Å². The van der Waals surface area contributed by atoms with Crippen molar-refractivity contribution in [1.29, 1.82) is 0 Å². The fourth-order valence-electron chi connectivity index (χ4n) is 4.02. The molecule has 4 rings (SSSR count). The number of fused-ring (bicyclic) bond motifs is 1. The predicted octanol–water partition coefficient (Wildman–Crippen LogP) is 3.20. The molecule has 1 atom stereocenters. The van der Waals surface area contributed by atoms with Crippen LogP contribution < -0.4 is 20.9 Å². The Morgan fingerprint density at radius 2 is 2.19 bits per heavy atom. The lowest BCUT2D eigenvalue weighted by molar-refractivity contribution is 0.247. The van der Waals surface area contributed by atoms with E-state index < -0.39 is 5.82 Å². The summed E-state index contributed by atoms with van der Waals surface area (Å²) in [6.45, 7) is 3.75. The number of nitrogen functional groups attached to an aromatic ring is 1. The Balaban J connectivity index is 1.81. The number of carbonyl (C=O) groups is 1. The zero-order valence-corrected chi connectivity index (χ0v) is 15.4. The number of aromatic nitrogens is 1. The fraction of sp³-hybridized carbons (Fsp3) is 0.400. The summed E-state index contributed by atoms with van der Waals surface area (Å²) in [5.41, 5.74) is 8.62. The molecule has 0 aliphatic carbocycles. The highest BCUT2D eigenvalue weighted by Crippen LogP contribution is 2.36. The molecule has 2 aliphatic heterocycles. The van der Waals surface area contributed by atoms with Gasteiger partial charge >= 0.3 is 6.03 Å². The van der Waals surface area contributed by atoms with Gasteiger partial charge in [-0.3, -0.25) is 9.80 Å². The van der Waals surface area contributed by atoms with Gasteiger partial charge < -0.3 is 11.1 Å². The minimum atomic E-state index is -0.394. The summed E-state index contributed by atoms with van der Waals surface area (Å²) in [6, 6.07) is 6.41. The number of benzene rings is 1. The Hall–Kier alpha value is -2.67. The van der Waals surface area contributed by atoms with Gasteiger partial charge in [-0.05, 0) is 37.9 Å². The van der Waals surface area contributed by atoms with Crippen LogP contribution in [0, 0.1) is 12.7 Å². The summed E-state index contributed by atoms with van der Waals surface area (Å²) in [5.74, 6) is -0.0159. The van der Waals surface area contributed by atoms with Gasteiger partial charge in [-0.2, -0.15) is 0 Å². The van der Waals surface area contributed by atoms with Crippen molar-refractivity contribution in [3.63, 3.8) is 0 Å². The second-order valence-electron chi connectivity index (χ2n) is 7.24. The Kier molecular flexibility index (Phi) is 4.70. The average Bonchev–Trinajstić information content (AvgIpc) is 2.91. The first-order valence-corrected chi connectivity index (χ1v) is 9.37. The molecular weight excluding hydrogens is 345 g/mol. The molecule has 0 radical (unpaired) electrons. The Labute approximate surface area is 158 Å². The molecule has 2 aliphatic rings. The molecule has 0 bridgehead atoms. The lowest BCUT2D eigenvalue weighted by Gasteiger charge is -2.41. The van der Waals surface area contributed by atoms with Crippen LogP contribution in [0.3, 0.4) is 0 Å². The number of amides is 2. The summed E-state index contributed by atoms with van der Waals surface area (Å²) in [4.78, 5) is 21.0. The van der Waals surface area contributed by atoms with E-state index >= 15 is 0 Å². The molecule has 0 unspecified atom stereocenters. The number of hydrogen-bond acceptors (Lipinski definition) is 4. The van der Waals surface area contributed by atoms with Crippen molar-refractivity contribution in [2.75, 3.05) is 28.6 Å². The zero-order valence-electron chi connectivity index (χ0n) is 15.4. The van der Waals surface area contributed by atoms with Crippen LogP contribution in [0.4, 0.5) is 26.4 Å². The van der Waals surface area contributed by atoms with Crippen LogP contribution in [0.5, 0.6) is 0 Å². The lowest BCUT2D eigenvalue weighted by Crippen LogP contribution is -2.54. The van der Waals surface area contributed by atoms with Crippen molar-refractivity contribution in [1.82, 2.24) is 10.3 Å². The monoisotopic (exact) mass is 369 g/mol. The van der Waals surface area contributed by atoms with Crippen molar-refractivity contribution in [2.45, 2.75) is 38.8 Å². The second-order valence-corrected chi connectivity index (χ2v) is 7.24. The number of nitrogens with zero attached hydrogens (tertiary/aromatic N) is 3. The molecular formula is C20H24FN5O. The van der Waals surface area contributed by atoms with Crippen molar-refractivity contribution in [3.05, 3.63) is 47.4 Å². The SMILES string of the molecule is Cc1cccc(F)c1N1Cc2cnc(N)cc2N([C@@H]2CCCCNC2)C1=O. The maximum atomic E-state index is 14.6. The first-order chi connectivity index (χ1) is 13.1. The van der Waals surface area contributed by atoms with E-state index in [4.69, 9.17) is 5.73 Å². The molecule has 3 heterocycles. The molecule has 1 aromatic carbocycles. The van der Waals surface area contributed by atoms with Gasteiger partial charge in [0.1, 0.15) is 11.6 Å². The first-order valence-electron chi connectivity index (χ1n) is 9.37. The topological polar surface area (TPSA) is 74.5 Å². The number of rotatable bonds is 2. The van der Waals surface area contributed by atoms with E-state index in [-0.39, 0.29) is 18.6 Å². The number of carbonyl (C=O) groups excluding carboxylic acids is 1. The van der Waals surface area contributed by atoms with Crippen LogP contribution in [0.2, 0.25) is 0 Å². The highest BCUT2D eigenvalue weighted by Gasteiger charge is 2.37. The van der Waals surface area contributed by atoms with E-state index in [1.807, 2.05) is 13.0 Å². The molecule has 1 saturated heterocycles. The number of aryl methyl sites for hydroxylation is 1. The lowest BCUT2D eigenvalue weighted by atomic mass is 10.0. The quantitative estimate of drug-likeness (QED) is 0.853. The van der Waals surface area contributed by atoms with Gasteiger partial charge in [0.2, 0.25) is 0 Å². The van der Waals surface area contributed by atoms with E-state index in [1.165, 1.54) is 11.0 Å². The van der Waals surface area contributed by atoms with Crippen LogP contribution in [0.25, 0.3) is 0 Å². The standard InChI is InChI=1S/C20H24FN5O/c1-13-5-4-7-16(21)19(13)25-12-14-10-24-18(22)9-17(14)26(20(25)27)15-6-2-3-8-23-11-15/h4-5,7,9-10,15,23H,2-3,6,8,11-12H2,1H3,(H2,22,24)/t15-/m1/s1. The number of nitrogens with two attached hydrogens (primary N) is 1. The van der Waals surface area contributed by atoms with Crippen molar-refractivity contribution < 1.29 is 9.18 Å². The average molecular weight is 369 g/mol. The van der Waals surface area contributed by atoms with Crippen LogP contribution in [-0.2, 0) is 6.54 Å². The van der Waals surface area contributed by atoms with Crippen LogP contribution in [0.1, 0.15) is 30.4 Å². The Morgan fingerprint density at radius 1 is 1.33 bits per heavy atom. The summed E-state index contributed by atoms with van der Waals surface area (Å²) in [5, 5.41) is 3.40. The second kappa shape index (κ2) is 7.15. The molecule has 3 N–H and O–H groups in total. The molecule has 0 saturated carbocycles. The third-order valence-electron chi connectivity index (χ3n) is 5.35. The molecule has 0 spiro atoms. The molecule has 2 amide bonds. The van der Waals surface area contributed by atoms with Crippen LogP contribution in [0.15, 0.2) is 30.5 Å². The van der Waals surface area contributed by atoms with Crippen molar-refractivity contribution in [3.8, 4) is 0 Å². The normalized spacial score (nSPS) is 20.4. The highest BCUT2D eigenvalue weighted by molar-refractivity contribution is 6.07. The van der Waals surface area contributed by atoms with E-state index in [9.17, 15) is 9.18 Å². The molecule has 7 heteroatoms. The first kappa shape index (κ1) is 17.7. The number of pyridine rings is 1. The zero-order chi connectivity index (χ0) is 19.0. The number of nitrogens with one attached hydrogen (secondary N) is 1. The smallest absolute Gasteiger partial charge is 0.329 e. The van der Waals surface area contributed by atoms with Gasteiger partial charge in [-0.1, -0.05) is 18.6 Å². The van der Waals surface area contributed by atoms with E-state index in [2.05, 4.69) is 10.3 Å². The van der Waals surface area contributed by atoms with E-state index in [0.717, 1.165) is 42.6 Å². The number of halogens is 1. The number of para-hydroxylation sites is 1. The fourth-order valence-corrected chi connectivity index (χ4v) is 4.02. The molecule has 6 nitrogen and oxygen atoms in total. The van der Waals surface area contributed by atoms with Gasteiger partial charge in [-0.25, -0.2) is 14.2 Å². The van der Waals surface area contributed by atoms with E-state index in [0.29, 0.717) is 18.1 Å². The number of anilines is 3. The number of urea groups is 1. The molecule has 142 valence electrons. The number of hydrogen-bond donors (Lipinski definition) is 2. The van der Waals surface area contributed by atoms with Gasteiger partial charge in [0, 0.05) is 24.4 Å². The van der Waals surface area contributed by atoms with Gasteiger partial charge in [0.15, 0.2) is 0 Å². The minimum Gasteiger partial charge on any atom is -0.384 e. The molecule has 1 aromatic heterocycles. The highest BCUT2D eigenvalue weighted by atomic mass is 19.1. The molecule has 1 fully saturated rings. The van der Waals surface area contributed by atoms with Crippen molar-refractivity contribution >= 4 is 23.2 Å². The van der Waals surface area contributed by atoms with Crippen LogP contribution in [-0.4, -0.2) is 30.1 Å². The maximum Gasteiger partial charge on any atom is 0.329 e. The van der Waals surface area contributed by atoms with Gasteiger partial charge in [0.05, 0.1) is 24.0 Å². The largest absolute Gasteiger partial charge is 0.384 e. The summed E-state index contributed by atoms with van der Waals surface area (Å²) < 4.78 is 14.6. The molecule has 2 aromatic rings. The maximum absolute atomic E-state index is 14.6. The van der Waals surface area contributed by atoms with Crippen LogP contribution >= 0.6 is 0 Å². The Morgan fingerprint density at radius 3 is 3.00 bits per heavy atom. The third-order valence-corrected chi connectivity index (χ3v) is 5.35.